The molecule has 0 aromatic heterocycles. The summed E-state index contributed by atoms with van der Waals surface area (Å²) in [5.41, 5.74) is 7.61. The highest BCUT2D eigenvalue weighted by atomic mass is 19.2. The van der Waals surface area contributed by atoms with E-state index in [0.29, 0.717) is 6.07 Å². The van der Waals surface area contributed by atoms with Crippen LogP contribution in [0.5, 0.6) is 0 Å². The van der Waals surface area contributed by atoms with Crippen molar-refractivity contribution in [3.8, 4) is 0 Å². The fraction of sp³-hybridized carbons (Fsp3) is 0.143. The lowest BCUT2D eigenvalue weighted by atomic mass is 10.2. The first-order valence-electron chi connectivity index (χ1n) is 3.29. The maximum absolute atomic E-state index is 12.8. The minimum Gasteiger partial charge on any atom is -0.207 e. The van der Waals surface area contributed by atoms with Gasteiger partial charge >= 0.3 is 0 Å². The van der Waals surface area contributed by atoms with Crippen LogP contribution in [-0.4, -0.2) is 0 Å². The standard InChI is InChI=1S/C7H4F3N3/c8-5-1-4(3-12-13-11)7(10)6(9)2-5/h1-2H,3H2. The number of hydrogen-bond donors (Lipinski definition) is 0. The summed E-state index contributed by atoms with van der Waals surface area (Å²) < 4.78 is 37.8. The summed E-state index contributed by atoms with van der Waals surface area (Å²) in [6, 6.07) is 1.21. The van der Waals surface area contributed by atoms with Gasteiger partial charge < -0.3 is 0 Å². The van der Waals surface area contributed by atoms with E-state index in [1.54, 1.807) is 0 Å². The van der Waals surface area contributed by atoms with Crippen LogP contribution in [0.25, 0.3) is 10.4 Å². The Bertz CT molecular complexity index is 371. The second-order valence-electron chi connectivity index (χ2n) is 2.25. The monoisotopic (exact) mass is 187 g/mol. The summed E-state index contributed by atoms with van der Waals surface area (Å²) in [7, 11) is 0. The molecule has 0 saturated heterocycles. The molecule has 0 N–H and O–H groups in total. The summed E-state index contributed by atoms with van der Waals surface area (Å²) in [5.74, 6) is -3.38. The Morgan fingerprint density at radius 2 is 2.00 bits per heavy atom. The predicted molar refractivity (Wildman–Crippen MR) is 39.2 cm³/mol. The Morgan fingerprint density at radius 1 is 1.31 bits per heavy atom. The van der Waals surface area contributed by atoms with Crippen molar-refractivity contribution >= 4 is 0 Å². The zero-order chi connectivity index (χ0) is 9.84. The van der Waals surface area contributed by atoms with Crippen LogP contribution in [0.3, 0.4) is 0 Å². The van der Waals surface area contributed by atoms with E-state index < -0.39 is 24.0 Å². The van der Waals surface area contributed by atoms with Crippen molar-refractivity contribution in [1.29, 1.82) is 0 Å². The molecule has 0 fully saturated rings. The third-order valence-corrected chi connectivity index (χ3v) is 1.37. The Morgan fingerprint density at radius 3 is 2.62 bits per heavy atom. The normalized spacial score (nSPS) is 9.46. The van der Waals surface area contributed by atoms with Crippen LogP contribution in [-0.2, 0) is 6.54 Å². The molecule has 0 aliphatic rings. The summed E-state index contributed by atoms with van der Waals surface area (Å²) >= 11 is 0. The van der Waals surface area contributed by atoms with Gasteiger partial charge in [0.2, 0.25) is 0 Å². The average Bonchev–Trinajstić information content (AvgIpc) is 2.09. The molecule has 0 aliphatic heterocycles. The molecule has 68 valence electrons. The lowest BCUT2D eigenvalue weighted by Crippen LogP contribution is -1.94. The first-order chi connectivity index (χ1) is 6.15. The first-order valence-corrected chi connectivity index (χ1v) is 3.29. The molecule has 6 heteroatoms. The van der Waals surface area contributed by atoms with Crippen molar-refractivity contribution in [2.24, 2.45) is 5.11 Å². The Labute approximate surface area is 71.4 Å². The van der Waals surface area contributed by atoms with Crippen molar-refractivity contribution < 1.29 is 13.2 Å². The molecule has 13 heavy (non-hydrogen) atoms. The van der Waals surface area contributed by atoms with Gasteiger partial charge in [-0.1, -0.05) is 5.11 Å². The van der Waals surface area contributed by atoms with E-state index in [1.165, 1.54) is 0 Å². The van der Waals surface area contributed by atoms with Crippen LogP contribution < -0.4 is 0 Å². The maximum Gasteiger partial charge on any atom is 0.162 e. The van der Waals surface area contributed by atoms with E-state index in [0.717, 1.165) is 6.07 Å². The number of azide groups is 1. The molecule has 3 nitrogen and oxygen atoms in total. The summed E-state index contributed by atoms with van der Waals surface area (Å²) in [6.45, 7) is -0.406. The van der Waals surface area contributed by atoms with E-state index in [4.69, 9.17) is 5.53 Å². The molecular weight excluding hydrogens is 183 g/mol. The molecule has 1 rings (SSSR count). The zero-order valence-corrected chi connectivity index (χ0v) is 6.34. The molecule has 0 heterocycles. The van der Waals surface area contributed by atoms with Crippen LogP contribution in [0.15, 0.2) is 17.2 Å². The minimum absolute atomic E-state index is 0.296. The van der Waals surface area contributed by atoms with Crippen LogP contribution in [0.2, 0.25) is 0 Å². The summed E-state index contributed by atoms with van der Waals surface area (Å²) in [5, 5.41) is 2.99. The van der Waals surface area contributed by atoms with Gasteiger partial charge in [0, 0.05) is 11.0 Å². The lowest BCUT2D eigenvalue weighted by molar-refractivity contribution is 0.485. The average molecular weight is 187 g/mol. The number of hydrogen-bond acceptors (Lipinski definition) is 1. The van der Waals surface area contributed by atoms with Gasteiger partial charge in [-0.25, -0.2) is 13.2 Å². The highest BCUT2D eigenvalue weighted by Gasteiger charge is 2.09. The van der Waals surface area contributed by atoms with Crippen molar-refractivity contribution in [3.05, 3.63) is 45.6 Å². The van der Waals surface area contributed by atoms with Gasteiger partial charge in [-0.15, -0.1) is 0 Å². The number of benzene rings is 1. The zero-order valence-electron chi connectivity index (χ0n) is 6.34. The summed E-state index contributed by atoms with van der Waals surface area (Å²) in [6.07, 6.45) is 0. The topological polar surface area (TPSA) is 48.8 Å². The van der Waals surface area contributed by atoms with Gasteiger partial charge in [-0.05, 0) is 17.2 Å². The molecule has 0 radical (unpaired) electrons. The van der Waals surface area contributed by atoms with Gasteiger partial charge in [0.05, 0.1) is 6.54 Å². The van der Waals surface area contributed by atoms with Crippen LogP contribution in [0.4, 0.5) is 13.2 Å². The Balaban J connectivity index is 3.12. The molecule has 0 aliphatic carbocycles. The molecule has 0 bridgehead atoms. The van der Waals surface area contributed by atoms with Crippen LogP contribution >= 0.6 is 0 Å². The highest BCUT2D eigenvalue weighted by molar-refractivity contribution is 5.20. The van der Waals surface area contributed by atoms with Gasteiger partial charge in [0.1, 0.15) is 5.82 Å². The lowest BCUT2D eigenvalue weighted by Gasteiger charge is -1.99. The molecule has 0 saturated carbocycles. The molecular formula is C7H4F3N3. The van der Waals surface area contributed by atoms with E-state index in [-0.39, 0.29) is 5.56 Å². The molecule has 0 unspecified atom stereocenters. The SMILES string of the molecule is [N-]=[N+]=NCc1cc(F)cc(F)c1F. The fourth-order valence-corrected chi connectivity index (χ4v) is 0.832. The van der Waals surface area contributed by atoms with E-state index in [1.807, 2.05) is 0 Å². The van der Waals surface area contributed by atoms with Gasteiger partial charge in [-0.2, -0.15) is 0 Å². The maximum atomic E-state index is 12.8. The molecule has 0 amide bonds. The minimum atomic E-state index is -1.29. The number of nitrogens with zero attached hydrogens (tertiary/aromatic N) is 3. The van der Waals surface area contributed by atoms with Crippen molar-refractivity contribution in [2.75, 3.05) is 0 Å². The Hall–Kier alpha value is -1.68. The van der Waals surface area contributed by atoms with E-state index in [9.17, 15) is 13.2 Å². The van der Waals surface area contributed by atoms with E-state index in [2.05, 4.69) is 10.0 Å². The van der Waals surface area contributed by atoms with Gasteiger partial charge in [-0.3, -0.25) is 0 Å². The summed E-state index contributed by atoms with van der Waals surface area (Å²) in [4.78, 5) is 2.34. The van der Waals surface area contributed by atoms with Gasteiger partial charge in [0.25, 0.3) is 0 Å². The molecule has 0 spiro atoms. The predicted octanol–water partition coefficient (Wildman–Crippen LogP) is 2.91. The first kappa shape index (κ1) is 9.41. The van der Waals surface area contributed by atoms with Crippen molar-refractivity contribution in [1.82, 2.24) is 0 Å². The smallest absolute Gasteiger partial charge is 0.162 e. The second kappa shape index (κ2) is 3.82. The largest absolute Gasteiger partial charge is 0.207 e. The van der Waals surface area contributed by atoms with Crippen molar-refractivity contribution in [2.45, 2.75) is 6.54 Å². The Kier molecular flexibility index (Phi) is 2.76. The number of halogens is 3. The molecule has 1 aromatic rings. The van der Waals surface area contributed by atoms with E-state index >= 15 is 0 Å². The van der Waals surface area contributed by atoms with Gasteiger partial charge in [0.15, 0.2) is 11.6 Å². The molecule has 0 atom stereocenters. The molecule has 1 aromatic carbocycles. The highest BCUT2D eigenvalue weighted by Crippen LogP contribution is 2.14. The third-order valence-electron chi connectivity index (χ3n) is 1.37. The number of rotatable bonds is 2. The second-order valence-corrected chi connectivity index (χ2v) is 2.25. The van der Waals surface area contributed by atoms with Crippen molar-refractivity contribution in [3.63, 3.8) is 0 Å². The fourth-order valence-electron chi connectivity index (χ4n) is 0.832. The third kappa shape index (κ3) is 2.13. The quantitative estimate of drug-likeness (QED) is 0.296. The van der Waals surface area contributed by atoms with Crippen LogP contribution in [0, 0.1) is 17.5 Å². The van der Waals surface area contributed by atoms with Crippen LogP contribution in [0.1, 0.15) is 5.56 Å².